The third-order valence-corrected chi connectivity index (χ3v) is 14.1. The Morgan fingerprint density at radius 3 is 1.67 bits per heavy atom. The minimum absolute atomic E-state index is 0.148. The molecule has 0 saturated carbocycles. The van der Waals surface area contributed by atoms with Crippen molar-refractivity contribution in [2.75, 3.05) is 4.90 Å². The van der Waals surface area contributed by atoms with E-state index in [2.05, 4.69) is 152 Å². The number of rotatable bonds is 5. The van der Waals surface area contributed by atoms with Crippen molar-refractivity contribution < 1.29 is 8.42 Å². The summed E-state index contributed by atoms with van der Waals surface area (Å²) in [4.78, 5) is 3.12. The Morgan fingerprint density at radius 2 is 0.947 bits per heavy atom. The molecule has 9 aromatic carbocycles. The van der Waals surface area contributed by atoms with Crippen LogP contribution < -0.4 is 4.90 Å². The van der Waals surface area contributed by atoms with Crippen molar-refractivity contribution in [3.8, 4) is 44.5 Å². The molecule has 0 radical (unpaired) electrons. The van der Waals surface area contributed by atoms with Crippen molar-refractivity contribution in [2.45, 2.75) is 29.1 Å². The van der Waals surface area contributed by atoms with Gasteiger partial charge in [0.25, 0.3) is 0 Å². The summed E-state index contributed by atoms with van der Waals surface area (Å²) in [6.07, 6.45) is 0. The van der Waals surface area contributed by atoms with Gasteiger partial charge in [-0.2, -0.15) is 0 Å². The fourth-order valence-corrected chi connectivity index (χ4v) is 11.0. The fourth-order valence-electron chi connectivity index (χ4n) is 9.34. The molecule has 1 heterocycles. The van der Waals surface area contributed by atoms with E-state index in [1.165, 1.54) is 43.8 Å². The molecule has 57 heavy (non-hydrogen) atoms. The molecule has 0 aromatic heterocycles. The van der Waals surface area contributed by atoms with Crippen LogP contribution in [0, 0.1) is 0 Å². The van der Waals surface area contributed by atoms with E-state index < -0.39 is 9.84 Å². The van der Waals surface area contributed by atoms with Crippen molar-refractivity contribution in [3.05, 3.63) is 199 Å². The Morgan fingerprint density at radius 1 is 0.404 bits per heavy atom. The van der Waals surface area contributed by atoms with Crippen LogP contribution in [-0.4, -0.2) is 8.42 Å². The maximum atomic E-state index is 13.7. The molecule has 0 spiro atoms. The Kier molecular flexibility index (Phi) is 7.29. The Hall–Kier alpha value is -6.75. The number of fused-ring (bicyclic) bond motifs is 9. The monoisotopic (exact) mass is 751 g/mol. The Balaban J connectivity index is 1.06. The second-order valence-electron chi connectivity index (χ2n) is 15.7. The highest BCUT2D eigenvalue weighted by atomic mass is 32.2. The number of hydrogen-bond acceptors (Lipinski definition) is 3. The zero-order valence-electron chi connectivity index (χ0n) is 31.6. The molecule has 3 nitrogen and oxygen atoms in total. The first-order valence-corrected chi connectivity index (χ1v) is 20.9. The van der Waals surface area contributed by atoms with Crippen molar-refractivity contribution >= 4 is 48.4 Å². The topological polar surface area (TPSA) is 37.4 Å². The normalized spacial score (nSPS) is 14.2. The predicted octanol–water partition coefficient (Wildman–Crippen LogP) is 13.9. The van der Waals surface area contributed by atoms with Gasteiger partial charge in [0, 0.05) is 33.3 Å². The molecule has 0 fully saturated rings. The van der Waals surface area contributed by atoms with Gasteiger partial charge in [-0.25, -0.2) is 8.42 Å². The van der Waals surface area contributed by atoms with Crippen LogP contribution >= 0.6 is 0 Å². The number of sulfone groups is 1. The van der Waals surface area contributed by atoms with Crippen LogP contribution in [0.4, 0.5) is 17.1 Å². The molecule has 9 aromatic rings. The molecule has 0 atom stereocenters. The average molecular weight is 752 g/mol. The van der Waals surface area contributed by atoms with Gasteiger partial charge in [0.1, 0.15) is 0 Å². The lowest BCUT2D eigenvalue weighted by atomic mass is 9.82. The average Bonchev–Trinajstić information content (AvgIpc) is 3.63. The smallest absolute Gasteiger partial charge is 0.207 e. The molecule has 0 unspecified atom stereocenters. The van der Waals surface area contributed by atoms with Gasteiger partial charge in [-0.15, -0.1) is 0 Å². The zero-order valence-corrected chi connectivity index (χ0v) is 32.4. The van der Waals surface area contributed by atoms with Crippen LogP contribution in [0.2, 0.25) is 0 Å². The Labute approximate surface area is 333 Å². The molecule has 2 aliphatic rings. The number of hydrogen-bond donors (Lipinski definition) is 0. The standard InChI is InChI=1S/C53H37NO2S/c1-53(2)48-19-11-10-17-43(48)44-27-26-40(33-49(44)53)54(50-32-38-14-6-7-15-41(38)42-16-8-9-18-45(42)50)39-24-20-35(21-25-39)37-23-29-52-47(31-37)46-30-36(34-12-4-3-5-13-34)22-28-51(46)57(52,55)56/h3-33H,1-2H3. The lowest BCUT2D eigenvalue weighted by Crippen LogP contribution is -2.16. The summed E-state index contributed by atoms with van der Waals surface area (Å²) in [6.45, 7) is 4.66. The molecule has 1 aliphatic carbocycles. The lowest BCUT2D eigenvalue weighted by molar-refractivity contribution is 0.598. The summed E-state index contributed by atoms with van der Waals surface area (Å²) < 4.78 is 27.4. The summed E-state index contributed by atoms with van der Waals surface area (Å²) in [5.74, 6) is 0. The second kappa shape index (κ2) is 12.4. The number of nitrogens with zero attached hydrogens (tertiary/aromatic N) is 1. The molecule has 11 rings (SSSR count). The van der Waals surface area contributed by atoms with Gasteiger partial charge in [0.2, 0.25) is 9.84 Å². The van der Waals surface area contributed by atoms with E-state index in [0.717, 1.165) is 50.4 Å². The van der Waals surface area contributed by atoms with E-state index in [1.54, 1.807) is 12.1 Å². The molecule has 0 N–H and O–H groups in total. The van der Waals surface area contributed by atoms with E-state index in [9.17, 15) is 8.42 Å². The van der Waals surface area contributed by atoms with Crippen LogP contribution in [0.5, 0.6) is 0 Å². The van der Waals surface area contributed by atoms with Gasteiger partial charge in [-0.05, 0) is 115 Å². The van der Waals surface area contributed by atoms with E-state index in [4.69, 9.17) is 0 Å². The lowest BCUT2D eigenvalue weighted by Gasteiger charge is -2.29. The third kappa shape index (κ3) is 5.07. The summed E-state index contributed by atoms with van der Waals surface area (Å²) >= 11 is 0. The molecule has 1 aliphatic heterocycles. The van der Waals surface area contributed by atoms with E-state index >= 15 is 0 Å². The minimum Gasteiger partial charge on any atom is -0.310 e. The van der Waals surface area contributed by atoms with Crippen LogP contribution in [0.1, 0.15) is 25.0 Å². The van der Waals surface area contributed by atoms with Gasteiger partial charge in [0.15, 0.2) is 0 Å². The summed E-state index contributed by atoms with van der Waals surface area (Å²) in [7, 11) is -3.61. The van der Waals surface area contributed by atoms with E-state index in [0.29, 0.717) is 9.79 Å². The maximum absolute atomic E-state index is 13.7. The van der Waals surface area contributed by atoms with Gasteiger partial charge in [-0.1, -0.05) is 147 Å². The quantitative estimate of drug-likeness (QED) is 0.164. The zero-order chi connectivity index (χ0) is 38.5. The van der Waals surface area contributed by atoms with E-state index in [-0.39, 0.29) is 5.41 Å². The molecule has 4 heteroatoms. The highest BCUT2D eigenvalue weighted by Gasteiger charge is 2.36. The summed E-state index contributed by atoms with van der Waals surface area (Å²) in [5, 5.41) is 4.81. The van der Waals surface area contributed by atoms with Gasteiger partial charge < -0.3 is 4.90 Å². The van der Waals surface area contributed by atoms with Gasteiger partial charge in [-0.3, -0.25) is 0 Å². The molecule has 0 bridgehead atoms. The predicted molar refractivity (Wildman–Crippen MR) is 235 cm³/mol. The van der Waals surface area contributed by atoms with Gasteiger partial charge in [0.05, 0.1) is 15.5 Å². The summed E-state index contributed by atoms with van der Waals surface area (Å²) in [5.41, 5.74) is 13.9. The molecule has 0 saturated heterocycles. The van der Waals surface area contributed by atoms with Crippen LogP contribution in [0.3, 0.4) is 0 Å². The molecular formula is C53H37NO2S. The SMILES string of the molecule is CC1(C)c2ccccc2-c2ccc(N(c3ccc(-c4ccc5c(c4)-c4cc(-c6ccccc6)ccc4S5(=O)=O)cc3)c3cc4ccccc4c4ccccc34)cc21. The first-order valence-electron chi connectivity index (χ1n) is 19.4. The van der Waals surface area contributed by atoms with Gasteiger partial charge >= 0.3 is 0 Å². The maximum Gasteiger partial charge on any atom is 0.207 e. The second-order valence-corrected chi connectivity index (χ2v) is 17.6. The van der Waals surface area contributed by atoms with Crippen molar-refractivity contribution in [1.82, 2.24) is 0 Å². The highest BCUT2D eigenvalue weighted by molar-refractivity contribution is 7.92. The van der Waals surface area contributed by atoms with Crippen molar-refractivity contribution in [3.63, 3.8) is 0 Å². The Bertz CT molecular complexity index is 3220. The fraction of sp³-hybridized carbons (Fsp3) is 0.0566. The van der Waals surface area contributed by atoms with Crippen molar-refractivity contribution in [1.29, 1.82) is 0 Å². The molecule has 272 valence electrons. The van der Waals surface area contributed by atoms with Crippen LogP contribution in [0.15, 0.2) is 198 Å². The van der Waals surface area contributed by atoms with Crippen LogP contribution in [-0.2, 0) is 15.3 Å². The molecular weight excluding hydrogens is 715 g/mol. The third-order valence-electron chi connectivity index (χ3n) is 12.2. The number of benzene rings is 9. The highest BCUT2D eigenvalue weighted by Crippen LogP contribution is 2.52. The van der Waals surface area contributed by atoms with Crippen LogP contribution in [0.25, 0.3) is 66.1 Å². The first-order chi connectivity index (χ1) is 27.8. The largest absolute Gasteiger partial charge is 0.310 e. The van der Waals surface area contributed by atoms with Crippen molar-refractivity contribution in [2.24, 2.45) is 0 Å². The van der Waals surface area contributed by atoms with E-state index in [1.807, 2.05) is 42.5 Å². The molecule has 0 amide bonds. The summed E-state index contributed by atoms with van der Waals surface area (Å²) in [6, 6.07) is 65.6. The number of anilines is 3. The first kappa shape index (κ1) is 33.6. The minimum atomic E-state index is -3.61.